The fraction of sp³-hybridized carbons (Fsp3) is 0.321. The Morgan fingerprint density at radius 3 is 2.65 bits per heavy atom. The molecular formula is C28H32N6O3. The molecule has 2 aromatic heterocycles. The number of alkyl carbamates (subject to hydrolysis) is 1. The van der Waals surface area contributed by atoms with Crippen LogP contribution in [0.3, 0.4) is 0 Å². The van der Waals surface area contributed by atoms with Gasteiger partial charge in [0.15, 0.2) is 5.65 Å². The summed E-state index contributed by atoms with van der Waals surface area (Å²) in [6, 6.07) is 13.5. The largest absolute Gasteiger partial charge is 0.439 e. The standard InChI is InChI=1S/C28H32N6O3/c1-3-29-27(36)37-28(2)16-14-21(15-17-28)23-19-31-22-12-13-24(33-25(22)32-23)34-26(35)30-18-8-7-11-20-9-5-4-6-10-20/h4-6,9-10,12-16,19H,3,7-8,11,17-18H2,1-2H3,(H,29,36)(H2,30,32,33,34,35). The normalized spacial score (nSPS) is 16.6. The Hall–Kier alpha value is -4.27. The van der Waals surface area contributed by atoms with Crippen molar-refractivity contribution in [1.82, 2.24) is 25.6 Å². The number of aromatic nitrogens is 3. The van der Waals surface area contributed by atoms with Crippen molar-refractivity contribution in [2.45, 2.75) is 45.1 Å². The molecule has 192 valence electrons. The molecule has 1 aliphatic rings. The first-order valence-electron chi connectivity index (χ1n) is 12.5. The summed E-state index contributed by atoms with van der Waals surface area (Å²) < 4.78 is 5.51. The van der Waals surface area contributed by atoms with Crippen molar-refractivity contribution in [2.24, 2.45) is 0 Å². The van der Waals surface area contributed by atoms with Gasteiger partial charge in [0.2, 0.25) is 0 Å². The van der Waals surface area contributed by atoms with E-state index < -0.39 is 11.7 Å². The Morgan fingerprint density at radius 2 is 1.89 bits per heavy atom. The molecule has 1 aromatic carbocycles. The maximum atomic E-state index is 12.3. The van der Waals surface area contributed by atoms with Crippen LogP contribution in [0.2, 0.25) is 0 Å². The number of rotatable bonds is 9. The summed E-state index contributed by atoms with van der Waals surface area (Å²) in [6.07, 6.45) is 10.3. The number of nitrogens with zero attached hydrogens (tertiary/aromatic N) is 3. The van der Waals surface area contributed by atoms with E-state index in [0.717, 1.165) is 24.8 Å². The molecule has 9 nitrogen and oxygen atoms in total. The quantitative estimate of drug-likeness (QED) is 0.355. The molecule has 0 spiro atoms. The van der Waals surface area contributed by atoms with Gasteiger partial charge in [0.05, 0.1) is 11.9 Å². The minimum atomic E-state index is -0.725. The molecule has 3 N–H and O–H groups in total. The number of fused-ring (bicyclic) bond motifs is 1. The highest BCUT2D eigenvalue weighted by atomic mass is 16.6. The van der Waals surface area contributed by atoms with Crippen molar-refractivity contribution in [3.05, 3.63) is 78.1 Å². The number of nitrogens with one attached hydrogen (secondary N) is 3. The van der Waals surface area contributed by atoms with Gasteiger partial charge >= 0.3 is 12.1 Å². The number of urea groups is 1. The van der Waals surface area contributed by atoms with E-state index in [-0.39, 0.29) is 6.03 Å². The summed E-state index contributed by atoms with van der Waals surface area (Å²) >= 11 is 0. The van der Waals surface area contributed by atoms with Crippen LogP contribution >= 0.6 is 0 Å². The first-order valence-corrected chi connectivity index (χ1v) is 12.5. The molecule has 4 rings (SSSR count). The fourth-order valence-corrected chi connectivity index (χ4v) is 3.94. The monoisotopic (exact) mass is 500 g/mol. The van der Waals surface area contributed by atoms with Crippen LogP contribution in [0.15, 0.2) is 66.9 Å². The molecule has 0 bridgehead atoms. The van der Waals surface area contributed by atoms with Crippen LogP contribution in [0, 0.1) is 0 Å². The summed E-state index contributed by atoms with van der Waals surface area (Å²) in [6.45, 7) is 4.78. The zero-order chi connectivity index (χ0) is 26.1. The van der Waals surface area contributed by atoms with E-state index in [1.165, 1.54) is 5.56 Å². The van der Waals surface area contributed by atoms with E-state index in [1.54, 1.807) is 18.3 Å². The van der Waals surface area contributed by atoms with Gasteiger partial charge in [-0.15, -0.1) is 0 Å². The summed E-state index contributed by atoms with van der Waals surface area (Å²) in [7, 11) is 0. The van der Waals surface area contributed by atoms with Crippen molar-refractivity contribution in [2.75, 3.05) is 18.4 Å². The van der Waals surface area contributed by atoms with Crippen LogP contribution in [0.1, 0.15) is 44.4 Å². The Morgan fingerprint density at radius 1 is 1.05 bits per heavy atom. The van der Waals surface area contributed by atoms with Crippen LogP contribution in [0.4, 0.5) is 15.4 Å². The van der Waals surface area contributed by atoms with E-state index in [2.05, 4.69) is 43.0 Å². The molecule has 0 fully saturated rings. The minimum absolute atomic E-state index is 0.306. The first kappa shape index (κ1) is 25.8. The molecule has 0 saturated carbocycles. The molecular weight excluding hydrogens is 468 g/mol. The lowest BCUT2D eigenvalue weighted by Crippen LogP contribution is -2.35. The number of benzene rings is 1. The third-order valence-electron chi connectivity index (χ3n) is 5.95. The maximum Gasteiger partial charge on any atom is 0.407 e. The van der Waals surface area contributed by atoms with Gasteiger partial charge in [0, 0.05) is 19.5 Å². The second-order valence-electron chi connectivity index (χ2n) is 9.05. The summed E-state index contributed by atoms with van der Waals surface area (Å²) in [4.78, 5) is 37.7. The molecule has 0 radical (unpaired) electrons. The third-order valence-corrected chi connectivity index (χ3v) is 5.95. The number of aryl methyl sites for hydroxylation is 1. The smallest absolute Gasteiger partial charge is 0.407 e. The van der Waals surface area contributed by atoms with Crippen molar-refractivity contribution in [3.63, 3.8) is 0 Å². The van der Waals surface area contributed by atoms with Gasteiger partial charge in [-0.25, -0.2) is 19.6 Å². The Balaban J connectivity index is 1.31. The van der Waals surface area contributed by atoms with Gasteiger partial charge < -0.3 is 15.4 Å². The van der Waals surface area contributed by atoms with E-state index in [0.29, 0.717) is 42.2 Å². The van der Waals surface area contributed by atoms with Gasteiger partial charge in [-0.05, 0) is 62.5 Å². The van der Waals surface area contributed by atoms with E-state index in [1.807, 2.05) is 50.3 Å². The summed E-state index contributed by atoms with van der Waals surface area (Å²) in [5.74, 6) is 0.400. The Bertz CT molecular complexity index is 1310. The summed E-state index contributed by atoms with van der Waals surface area (Å²) in [5.41, 5.74) is 3.14. The molecule has 1 atom stereocenters. The van der Waals surface area contributed by atoms with E-state index >= 15 is 0 Å². The molecule has 0 saturated heterocycles. The molecule has 1 unspecified atom stereocenters. The number of carbonyl (C=O) groups excluding carboxylic acids is 2. The topological polar surface area (TPSA) is 118 Å². The van der Waals surface area contributed by atoms with Crippen LogP contribution < -0.4 is 16.0 Å². The summed E-state index contributed by atoms with van der Waals surface area (Å²) in [5, 5.41) is 8.28. The van der Waals surface area contributed by atoms with E-state index in [4.69, 9.17) is 4.74 Å². The first-order chi connectivity index (χ1) is 17.9. The third kappa shape index (κ3) is 7.36. The number of anilines is 1. The van der Waals surface area contributed by atoms with Crippen LogP contribution in [0.25, 0.3) is 16.7 Å². The molecule has 37 heavy (non-hydrogen) atoms. The molecule has 9 heteroatoms. The average molecular weight is 501 g/mol. The van der Waals surface area contributed by atoms with Gasteiger partial charge in [0.1, 0.15) is 16.9 Å². The predicted molar refractivity (Wildman–Crippen MR) is 144 cm³/mol. The van der Waals surface area contributed by atoms with Crippen LogP contribution in [0.5, 0.6) is 0 Å². The SMILES string of the molecule is CCNC(=O)OC1(C)C=CC(c2cnc3ccc(NC(=O)NCCCCc4ccccc4)nc3n2)=CC1. The highest BCUT2D eigenvalue weighted by Gasteiger charge is 2.27. The Kier molecular flexibility index (Phi) is 8.45. The molecule has 3 amide bonds. The minimum Gasteiger partial charge on any atom is -0.439 e. The second-order valence-corrected chi connectivity index (χ2v) is 9.05. The van der Waals surface area contributed by atoms with Gasteiger partial charge in [-0.3, -0.25) is 10.3 Å². The van der Waals surface area contributed by atoms with Crippen LogP contribution in [-0.4, -0.2) is 45.8 Å². The maximum absolute atomic E-state index is 12.3. The zero-order valence-electron chi connectivity index (χ0n) is 21.2. The molecule has 3 aromatic rings. The van der Waals surface area contributed by atoms with Crippen molar-refractivity contribution >= 4 is 34.7 Å². The van der Waals surface area contributed by atoms with Crippen molar-refractivity contribution in [1.29, 1.82) is 0 Å². The number of hydrogen-bond acceptors (Lipinski definition) is 6. The Labute approximate surface area is 216 Å². The number of hydrogen-bond donors (Lipinski definition) is 3. The fourth-order valence-electron chi connectivity index (χ4n) is 3.94. The highest BCUT2D eigenvalue weighted by Crippen LogP contribution is 2.29. The lowest BCUT2D eigenvalue weighted by atomic mass is 9.92. The average Bonchev–Trinajstić information content (AvgIpc) is 2.89. The number of allylic oxidation sites excluding steroid dienone is 2. The lowest BCUT2D eigenvalue weighted by Gasteiger charge is -2.27. The zero-order valence-corrected chi connectivity index (χ0v) is 21.2. The van der Waals surface area contributed by atoms with Crippen LogP contribution in [-0.2, 0) is 11.2 Å². The van der Waals surface area contributed by atoms with E-state index in [9.17, 15) is 9.59 Å². The lowest BCUT2D eigenvalue weighted by molar-refractivity contribution is 0.0614. The molecule has 1 aliphatic carbocycles. The van der Waals surface area contributed by atoms with Gasteiger partial charge in [-0.1, -0.05) is 42.5 Å². The number of ether oxygens (including phenoxy) is 1. The van der Waals surface area contributed by atoms with Gasteiger partial charge in [0.25, 0.3) is 0 Å². The number of pyridine rings is 1. The second kappa shape index (κ2) is 12.1. The molecule has 0 aliphatic heterocycles. The number of amides is 3. The van der Waals surface area contributed by atoms with Gasteiger partial charge in [-0.2, -0.15) is 0 Å². The number of unbranched alkanes of at least 4 members (excludes halogenated alkanes) is 1. The van der Waals surface area contributed by atoms with Crippen molar-refractivity contribution in [3.8, 4) is 0 Å². The van der Waals surface area contributed by atoms with Crippen molar-refractivity contribution < 1.29 is 14.3 Å². The highest BCUT2D eigenvalue weighted by molar-refractivity contribution is 5.89. The molecule has 2 heterocycles. The number of carbonyl (C=O) groups is 2. The predicted octanol–water partition coefficient (Wildman–Crippen LogP) is 5.02.